The second kappa shape index (κ2) is 6.31. The van der Waals surface area contributed by atoms with Gasteiger partial charge in [-0.05, 0) is 12.1 Å². The number of hydrogen-bond acceptors (Lipinski definition) is 6. The maximum absolute atomic E-state index is 11.6. The van der Waals surface area contributed by atoms with Crippen LogP contribution < -0.4 is 0 Å². The number of carbonyl (C=O) groups is 2. The highest BCUT2D eigenvalue weighted by atomic mass is 16.7. The van der Waals surface area contributed by atoms with E-state index in [4.69, 9.17) is 14.2 Å². The molecule has 6 heteroatoms. The van der Waals surface area contributed by atoms with E-state index in [1.54, 1.807) is 30.3 Å². The number of rotatable bonds is 4. The molecule has 1 aromatic carbocycles. The summed E-state index contributed by atoms with van der Waals surface area (Å²) in [6.45, 7) is 0.0292. The lowest BCUT2D eigenvalue weighted by Crippen LogP contribution is -2.26. The molecule has 0 spiro atoms. The molecule has 1 heterocycles. The third kappa shape index (κ3) is 3.52. The van der Waals surface area contributed by atoms with Gasteiger partial charge in [0.25, 0.3) is 0 Å². The fourth-order valence-corrected chi connectivity index (χ4v) is 1.60. The minimum absolute atomic E-state index is 0.0682. The van der Waals surface area contributed by atoms with Gasteiger partial charge in [0, 0.05) is 0 Å². The van der Waals surface area contributed by atoms with E-state index < -0.39 is 24.3 Å². The van der Waals surface area contributed by atoms with Crippen molar-refractivity contribution < 1.29 is 28.5 Å². The zero-order valence-electron chi connectivity index (χ0n) is 10.4. The molecule has 19 heavy (non-hydrogen) atoms. The van der Waals surface area contributed by atoms with Crippen LogP contribution in [-0.2, 0) is 23.7 Å². The van der Waals surface area contributed by atoms with Gasteiger partial charge in [0.15, 0.2) is 12.4 Å². The van der Waals surface area contributed by atoms with E-state index in [1.165, 1.54) is 7.11 Å². The second-order valence-corrected chi connectivity index (χ2v) is 3.88. The number of hydrogen-bond donors (Lipinski definition) is 0. The van der Waals surface area contributed by atoms with E-state index in [-0.39, 0.29) is 13.2 Å². The van der Waals surface area contributed by atoms with Gasteiger partial charge in [0.2, 0.25) is 0 Å². The fraction of sp³-hybridized carbons (Fsp3) is 0.385. The molecule has 2 atom stereocenters. The van der Waals surface area contributed by atoms with Gasteiger partial charge in [0.05, 0.1) is 19.3 Å². The molecule has 0 bridgehead atoms. The SMILES string of the molecule is COC(=O)C1CO[C@H](COC(=O)c2ccccc2)O1. The number of carbonyl (C=O) groups excluding carboxylic acids is 2. The van der Waals surface area contributed by atoms with Crippen molar-refractivity contribution in [3.8, 4) is 0 Å². The molecule has 0 aliphatic carbocycles. The molecular weight excluding hydrogens is 252 g/mol. The summed E-state index contributed by atoms with van der Waals surface area (Å²) in [6, 6.07) is 8.59. The number of benzene rings is 1. The van der Waals surface area contributed by atoms with Crippen LogP contribution in [0.25, 0.3) is 0 Å². The van der Waals surface area contributed by atoms with Gasteiger partial charge in [-0.1, -0.05) is 18.2 Å². The van der Waals surface area contributed by atoms with Crippen molar-refractivity contribution in [1.82, 2.24) is 0 Å². The Bertz CT molecular complexity index is 444. The predicted octanol–water partition coefficient (Wildman–Crippen LogP) is 0.758. The van der Waals surface area contributed by atoms with Crippen molar-refractivity contribution >= 4 is 11.9 Å². The van der Waals surface area contributed by atoms with Gasteiger partial charge in [0.1, 0.15) is 6.61 Å². The summed E-state index contributed by atoms with van der Waals surface area (Å²) in [6.07, 6.45) is -1.50. The Morgan fingerprint density at radius 3 is 2.74 bits per heavy atom. The molecule has 1 saturated heterocycles. The van der Waals surface area contributed by atoms with Gasteiger partial charge < -0.3 is 18.9 Å². The Morgan fingerprint density at radius 2 is 2.05 bits per heavy atom. The molecule has 0 saturated carbocycles. The maximum Gasteiger partial charge on any atom is 0.338 e. The predicted molar refractivity (Wildman–Crippen MR) is 63.4 cm³/mol. The molecule has 6 nitrogen and oxygen atoms in total. The van der Waals surface area contributed by atoms with Gasteiger partial charge in [-0.25, -0.2) is 9.59 Å². The normalized spacial score (nSPS) is 21.9. The van der Waals surface area contributed by atoms with Crippen LogP contribution >= 0.6 is 0 Å². The van der Waals surface area contributed by atoms with Crippen LogP contribution in [0.1, 0.15) is 10.4 Å². The van der Waals surface area contributed by atoms with Crippen LogP contribution in [-0.4, -0.2) is 44.7 Å². The lowest BCUT2D eigenvalue weighted by molar-refractivity contribution is -0.155. The van der Waals surface area contributed by atoms with E-state index in [9.17, 15) is 9.59 Å². The van der Waals surface area contributed by atoms with Crippen LogP contribution in [0.15, 0.2) is 30.3 Å². The smallest absolute Gasteiger partial charge is 0.338 e. The second-order valence-electron chi connectivity index (χ2n) is 3.88. The highest BCUT2D eigenvalue weighted by Crippen LogP contribution is 2.13. The Kier molecular flexibility index (Phi) is 4.48. The molecule has 1 aliphatic rings. The number of esters is 2. The van der Waals surface area contributed by atoms with Crippen molar-refractivity contribution in [1.29, 1.82) is 0 Å². The molecule has 0 aromatic heterocycles. The van der Waals surface area contributed by atoms with Gasteiger partial charge in [-0.3, -0.25) is 0 Å². The molecule has 0 amide bonds. The zero-order valence-corrected chi connectivity index (χ0v) is 10.4. The monoisotopic (exact) mass is 266 g/mol. The first-order valence-corrected chi connectivity index (χ1v) is 5.78. The Hall–Kier alpha value is -1.92. The van der Waals surface area contributed by atoms with Crippen LogP contribution in [0.5, 0.6) is 0 Å². The van der Waals surface area contributed by atoms with E-state index >= 15 is 0 Å². The summed E-state index contributed by atoms with van der Waals surface area (Å²) in [5.74, 6) is -0.966. The first kappa shape index (κ1) is 13.5. The Balaban J connectivity index is 1.78. The molecular formula is C13H14O6. The van der Waals surface area contributed by atoms with Crippen molar-refractivity contribution in [3.05, 3.63) is 35.9 Å². The quantitative estimate of drug-likeness (QED) is 0.749. The minimum Gasteiger partial charge on any atom is -0.467 e. The van der Waals surface area contributed by atoms with Crippen molar-refractivity contribution in [2.45, 2.75) is 12.4 Å². The first-order chi connectivity index (χ1) is 9.20. The summed E-state index contributed by atoms with van der Waals surface area (Å²) in [5.41, 5.74) is 0.449. The zero-order chi connectivity index (χ0) is 13.7. The molecule has 2 rings (SSSR count). The average Bonchev–Trinajstić information content (AvgIpc) is 2.93. The average molecular weight is 266 g/mol. The first-order valence-electron chi connectivity index (χ1n) is 5.78. The third-order valence-electron chi connectivity index (χ3n) is 2.57. The molecule has 0 radical (unpaired) electrons. The summed E-state index contributed by atoms with van der Waals surface area (Å²) < 4.78 is 20.0. The Morgan fingerprint density at radius 1 is 1.32 bits per heavy atom. The molecule has 1 aliphatic heterocycles. The standard InChI is InChI=1S/C13H14O6/c1-16-13(15)10-7-17-11(19-10)8-18-12(14)9-5-3-2-4-6-9/h2-6,10-11H,7-8H2,1H3/t10?,11-/m0/s1. The summed E-state index contributed by atoms with van der Waals surface area (Å²) >= 11 is 0. The van der Waals surface area contributed by atoms with E-state index in [0.29, 0.717) is 5.56 Å². The number of ether oxygens (including phenoxy) is 4. The van der Waals surface area contributed by atoms with Crippen LogP contribution in [0.3, 0.4) is 0 Å². The highest BCUT2D eigenvalue weighted by Gasteiger charge is 2.33. The number of methoxy groups -OCH3 is 1. The van der Waals surface area contributed by atoms with Crippen LogP contribution in [0.2, 0.25) is 0 Å². The Labute approximate surface area is 110 Å². The molecule has 1 aromatic rings. The van der Waals surface area contributed by atoms with Gasteiger partial charge >= 0.3 is 11.9 Å². The van der Waals surface area contributed by atoms with E-state index in [1.807, 2.05) is 0 Å². The van der Waals surface area contributed by atoms with E-state index in [0.717, 1.165) is 0 Å². The van der Waals surface area contributed by atoms with Crippen molar-refractivity contribution in [3.63, 3.8) is 0 Å². The van der Waals surface area contributed by atoms with E-state index in [2.05, 4.69) is 4.74 Å². The molecule has 1 fully saturated rings. The lowest BCUT2D eigenvalue weighted by atomic mass is 10.2. The summed E-state index contributed by atoms with van der Waals surface area (Å²) in [7, 11) is 1.27. The van der Waals surface area contributed by atoms with Crippen LogP contribution in [0.4, 0.5) is 0 Å². The van der Waals surface area contributed by atoms with Crippen LogP contribution in [0, 0.1) is 0 Å². The fourth-order valence-electron chi connectivity index (χ4n) is 1.60. The summed E-state index contributed by atoms with van der Waals surface area (Å²) in [5, 5.41) is 0. The maximum atomic E-state index is 11.6. The van der Waals surface area contributed by atoms with Gasteiger partial charge in [-0.15, -0.1) is 0 Å². The topological polar surface area (TPSA) is 71.1 Å². The molecule has 0 N–H and O–H groups in total. The van der Waals surface area contributed by atoms with Gasteiger partial charge in [-0.2, -0.15) is 0 Å². The highest BCUT2D eigenvalue weighted by molar-refractivity contribution is 5.89. The lowest BCUT2D eigenvalue weighted by Gasteiger charge is -2.11. The van der Waals surface area contributed by atoms with Crippen molar-refractivity contribution in [2.75, 3.05) is 20.3 Å². The van der Waals surface area contributed by atoms with Crippen molar-refractivity contribution in [2.24, 2.45) is 0 Å². The third-order valence-corrected chi connectivity index (χ3v) is 2.57. The largest absolute Gasteiger partial charge is 0.467 e. The molecule has 102 valence electrons. The summed E-state index contributed by atoms with van der Waals surface area (Å²) in [4.78, 5) is 22.8. The molecule has 1 unspecified atom stereocenters. The minimum atomic E-state index is -0.759.